The highest BCUT2D eigenvalue weighted by Crippen LogP contribution is 2.38. The summed E-state index contributed by atoms with van der Waals surface area (Å²) < 4.78 is 11.9. The van der Waals surface area contributed by atoms with Crippen LogP contribution in [0.3, 0.4) is 0 Å². The summed E-state index contributed by atoms with van der Waals surface area (Å²) in [5, 5.41) is 2.99. The smallest absolute Gasteiger partial charge is 0.335 e. The highest BCUT2D eigenvalue weighted by Gasteiger charge is 2.37. The van der Waals surface area contributed by atoms with E-state index in [0.29, 0.717) is 26.6 Å². The van der Waals surface area contributed by atoms with Crippen LogP contribution in [0.4, 0.5) is 10.5 Å². The minimum absolute atomic E-state index is 0.166. The van der Waals surface area contributed by atoms with Crippen LogP contribution in [0.2, 0.25) is 10.0 Å². The molecule has 0 aromatic heterocycles. The predicted molar refractivity (Wildman–Crippen MR) is 137 cm³/mol. The summed E-state index contributed by atoms with van der Waals surface area (Å²) in [5.74, 6) is -0.800. The first-order valence-electron chi connectivity index (χ1n) is 10.2. The number of imide groups is 2. The maximum Gasteiger partial charge on any atom is 0.335 e. The van der Waals surface area contributed by atoms with Crippen molar-refractivity contribution in [1.29, 1.82) is 0 Å². The lowest BCUT2D eigenvalue weighted by Gasteiger charge is -2.27. The number of rotatable bonds is 6. The number of hydrogen-bond acceptors (Lipinski definition) is 5. The zero-order valence-corrected chi connectivity index (χ0v) is 21.3. The summed E-state index contributed by atoms with van der Waals surface area (Å²) in [7, 11) is 1.48. The van der Waals surface area contributed by atoms with Crippen LogP contribution < -0.4 is 19.7 Å². The average molecular weight is 576 g/mol. The third-order valence-electron chi connectivity index (χ3n) is 5.05. The lowest BCUT2D eigenvalue weighted by molar-refractivity contribution is -0.122. The molecule has 4 amide bonds. The maximum absolute atomic E-state index is 13.1. The number of amides is 4. The summed E-state index contributed by atoms with van der Waals surface area (Å²) in [6, 6.07) is 16.0. The lowest BCUT2D eigenvalue weighted by Crippen LogP contribution is -2.54. The van der Waals surface area contributed by atoms with E-state index in [4.69, 9.17) is 32.7 Å². The van der Waals surface area contributed by atoms with E-state index in [-0.39, 0.29) is 22.9 Å². The molecule has 1 saturated heterocycles. The van der Waals surface area contributed by atoms with Crippen molar-refractivity contribution in [2.45, 2.75) is 6.61 Å². The van der Waals surface area contributed by atoms with E-state index in [1.807, 2.05) is 12.1 Å². The molecular formula is C25H17BrCl2N2O5. The fourth-order valence-corrected chi connectivity index (χ4v) is 4.30. The highest BCUT2D eigenvalue weighted by molar-refractivity contribution is 9.10. The minimum atomic E-state index is -0.880. The molecule has 1 aliphatic rings. The van der Waals surface area contributed by atoms with Gasteiger partial charge in [0.1, 0.15) is 12.2 Å². The zero-order chi connectivity index (χ0) is 25.1. The quantitative estimate of drug-likeness (QED) is 0.287. The van der Waals surface area contributed by atoms with E-state index in [9.17, 15) is 14.4 Å². The van der Waals surface area contributed by atoms with Gasteiger partial charge in [-0.1, -0.05) is 47.5 Å². The molecular weight excluding hydrogens is 559 g/mol. The molecule has 0 atom stereocenters. The predicted octanol–water partition coefficient (Wildman–Crippen LogP) is 6.01. The van der Waals surface area contributed by atoms with Gasteiger partial charge in [-0.2, -0.15) is 0 Å². The van der Waals surface area contributed by atoms with E-state index >= 15 is 0 Å². The van der Waals surface area contributed by atoms with Gasteiger partial charge in [0.15, 0.2) is 11.5 Å². The fraction of sp³-hybridized carbons (Fsp3) is 0.0800. The van der Waals surface area contributed by atoms with Crippen molar-refractivity contribution in [2.75, 3.05) is 12.0 Å². The van der Waals surface area contributed by atoms with E-state index in [1.54, 1.807) is 42.5 Å². The van der Waals surface area contributed by atoms with Crippen molar-refractivity contribution >= 4 is 68.7 Å². The van der Waals surface area contributed by atoms with Gasteiger partial charge in [-0.15, -0.1) is 0 Å². The van der Waals surface area contributed by atoms with Crippen molar-refractivity contribution < 1.29 is 23.9 Å². The molecule has 35 heavy (non-hydrogen) atoms. The highest BCUT2D eigenvalue weighted by atomic mass is 79.9. The van der Waals surface area contributed by atoms with Crippen LogP contribution in [0.15, 0.2) is 70.7 Å². The Morgan fingerprint density at radius 1 is 1.03 bits per heavy atom. The van der Waals surface area contributed by atoms with Crippen LogP contribution in [-0.4, -0.2) is 25.0 Å². The number of nitrogens with zero attached hydrogens (tertiary/aromatic N) is 1. The van der Waals surface area contributed by atoms with Crippen molar-refractivity contribution in [1.82, 2.24) is 5.32 Å². The Balaban J connectivity index is 1.64. The van der Waals surface area contributed by atoms with Gasteiger partial charge in [-0.05, 0) is 69.5 Å². The van der Waals surface area contributed by atoms with Gasteiger partial charge in [-0.3, -0.25) is 14.9 Å². The van der Waals surface area contributed by atoms with Gasteiger partial charge in [0.05, 0.1) is 22.3 Å². The summed E-state index contributed by atoms with van der Waals surface area (Å²) in [5.41, 5.74) is 1.30. The van der Waals surface area contributed by atoms with Crippen LogP contribution >= 0.6 is 39.1 Å². The number of hydrogen-bond donors (Lipinski definition) is 1. The van der Waals surface area contributed by atoms with Gasteiger partial charge < -0.3 is 9.47 Å². The van der Waals surface area contributed by atoms with E-state index in [2.05, 4.69) is 21.2 Å². The van der Waals surface area contributed by atoms with Crippen LogP contribution in [-0.2, 0) is 16.2 Å². The van der Waals surface area contributed by atoms with Crippen molar-refractivity contribution in [2.24, 2.45) is 0 Å². The van der Waals surface area contributed by atoms with E-state index in [0.717, 1.165) is 10.5 Å². The van der Waals surface area contributed by atoms with Gasteiger partial charge >= 0.3 is 6.03 Å². The molecule has 0 spiro atoms. The number of benzene rings is 3. The molecule has 0 aliphatic carbocycles. The van der Waals surface area contributed by atoms with Gasteiger partial charge in [0.25, 0.3) is 11.8 Å². The molecule has 3 aromatic carbocycles. The van der Waals surface area contributed by atoms with Gasteiger partial charge in [-0.25, -0.2) is 9.69 Å². The van der Waals surface area contributed by atoms with Crippen molar-refractivity contribution in [3.05, 3.63) is 91.9 Å². The van der Waals surface area contributed by atoms with Gasteiger partial charge in [0.2, 0.25) is 0 Å². The Morgan fingerprint density at radius 3 is 2.43 bits per heavy atom. The molecule has 1 N–H and O–H groups in total. The Morgan fingerprint density at radius 2 is 1.74 bits per heavy atom. The summed E-state index contributed by atoms with van der Waals surface area (Å²) >= 11 is 15.6. The molecule has 3 aromatic rings. The lowest BCUT2D eigenvalue weighted by atomic mass is 10.1. The monoisotopic (exact) mass is 574 g/mol. The number of ether oxygens (including phenoxy) is 2. The van der Waals surface area contributed by atoms with E-state index < -0.39 is 17.8 Å². The second kappa shape index (κ2) is 10.5. The normalized spacial score (nSPS) is 14.8. The SMILES string of the molecule is COc1cc(/C=C2\C(=O)NC(=O)N(c3ccccc3Cl)C2=O)cc(Br)c1OCc1ccc(Cl)cc1. The average Bonchev–Trinajstić information content (AvgIpc) is 2.83. The number of halogens is 3. The molecule has 1 heterocycles. The van der Waals surface area contributed by atoms with Crippen LogP contribution in [0.25, 0.3) is 6.08 Å². The molecule has 1 fully saturated rings. The molecule has 178 valence electrons. The zero-order valence-electron chi connectivity index (χ0n) is 18.2. The van der Waals surface area contributed by atoms with E-state index in [1.165, 1.54) is 19.3 Å². The third kappa shape index (κ3) is 5.35. The summed E-state index contributed by atoms with van der Waals surface area (Å²) in [6.45, 7) is 0.266. The molecule has 0 saturated carbocycles. The molecule has 1 aliphatic heterocycles. The third-order valence-corrected chi connectivity index (χ3v) is 6.21. The summed E-state index contributed by atoms with van der Waals surface area (Å²) in [6.07, 6.45) is 1.37. The number of nitrogens with one attached hydrogen (secondary N) is 1. The Labute approximate surface area is 219 Å². The molecule has 4 rings (SSSR count). The topological polar surface area (TPSA) is 84.9 Å². The van der Waals surface area contributed by atoms with Crippen LogP contribution in [0.5, 0.6) is 11.5 Å². The number of methoxy groups -OCH3 is 1. The van der Waals surface area contributed by atoms with Gasteiger partial charge in [0, 0.05) is 5.02 Å². The molecule has 0 unspecified atom stereocenters. The van der Waals surface area contributed by atoms with Crippen LogP contribution in [0.1, 0.15) is 11.1 Å². The minimum Gasteiger partial charge on any atom is -0.493 e. The Hall–Kier alpha value is -3.33. The number of carbonyl (C=O) groups excluding carboxylic acids is 3. The number of para-hydroxylation sites is 1. The number of anilines is 1. The Bertz CT molecular complexity index is 1360. The second-order valence-electron chi connectivity index (χ2n) is 7.36. The molecule has 10 heteroatoms. The number of carbonyl (C=O) groups is 3. The maximum atomic E-state index is 13.1. The first kappa shape index (κ1) is 24.8. The molecule has 7 nitrogen and oxygen atoms in total. The summed E-state index contributed by atoms with van der Waals surface area (Å²) in [4.78, 5) is 38.9. The first-order chi connectivity index (χ1) is 16.8. The standard InChI is InChI=1S/C25H17BrCl2N2O5/c1-34-21-12-15(11-18(26)22(21)35-13-14-6-8-16(27)9-7-14)10-17-23(31)29-25(33)30(24(17)32)20-5-3-2-4-19(20)28/h2-12H,13H2,1H3,(H,29,31,33)/b17-10+. The number of urea groups is 1. The molecule has 0 radical (unpaired) electrons. The second-order valence-corrected chi connectivity index (χ2v) is 9.06. The molecule has 0 bridgehead atoms. The Kier molecular flexibility index (Phi) is 7.45. The first-order valence-corrected chi connectivity index (χ1v) is 11.7. The largest absolute Gasteiger partial charge is 0.493 e. The van der Waals surface area contributed by atoms with Crippen molar-refractivity contribution in [3.63, 3.8) is 0 Å². The number of barbiturate groups is 1. The van der Waals surface area contributed by atoms with Crippen molar-refractivity contribution in [3.8, 4) is 11.5 Å². The fourth-order valence-electron chi connectivity index (χ4n) is 3.38. The van der Waals surface area contributed by atoms with Crippen LogP contribution in [0, 0.1) is 0 Å².